The van der Waals surface area contributed by atoms with E-state index >= 15 is 0 Å². The predicted molar refractivity (Wildman–Crippen MR) is 158 cm³/mol. The van der Waals surface area contributed by atoms with Crippen molar-refractivity contribution in [1.82, 2.24) is 14.8 Å². The first kappa shape index (κ1) is 25.9. The lowest BCUT2D eigenvalue weighted by Crippen LogP contribution is -2.18. The average Bonchev–Trinajstić information content (AvgIpc) is 3.28. The van der Waals surface area contributed by atoms with Crippen LogP contribution in [0.5, 0.6) is 5.75 Å². The highest BCUT2D eigenvalue weighted by atomic mass is 16.5. The number of carbonyl (C=O) groups is 1. The second-order valence-electron chi connectivity index (χ2n) is 10.3. The molecule has 1 aliphatic carbocycles. The molecule has 2 N–H and O–H groups in total. The minimum atomic E-state index is -0.247. The summed E-state index contributed by atoms with van der Waals surface area (Å²) in [6.45, 7) is 4.56. The van der Waals surface area contributed by atoms with Crippen LogP contribution in [0.1, 0.15) is 56.0 Å². The SMILES string of the molecule is CCOC(=O)Cc1c(CC)cccc1OCc1nn(C2CCC2)c2ccc(-c3cccc4c(N)nccc34)cc12. The van der Waals surface area contributed by atoms with Gasteiger partial charge in [-0.15, -0.1) is 0 Å². The predicted octanol–water partition coefficient (Wildman–Crippen LogP) is 6.81. The number of hydrogen-bond donors (Lipinski definition) is 1. The van der Waals surface area contributed by atoms with Gasteiger partial charge in [-0.05, 0) is 78.9 Å². The van der Waals surface area contributed by atoms with Crippen molar-refractivity contribution in [2.75, 3.05) is 12.3 Å². The van der Waals surface area contributed by atoms with E-state index in [0.29, 0.717) is 30.8 Å². The molecule has 40 heavy (non-hydrogen) atoms. The van der Waals surface area contributed by atoms with Crippen LogP contribution in [-0.4, -0.2) is 27.3 Å². The first-order valence-electron chi connectivity index (χ1n) is 14.1. The molecule has 0 atom stereocenters. The summed E-state index contributed by atoms with van der Waals surface area (Å²) < 4.78 is 13.8. The number of aryl methyl sites for hydroxylation is 1. The average molecular weight is 535 g/mol. The fraction of sp³-hybridized carbons (Fsp3) is 0.303. The molecule has 7 heteroatoms. The molecule has 0 spiro atoms. The number of nitrogens with zero attached hydrogens (tertiary/aromatic N) is 3. The van der Waals surface area contributed by atoms with Gasteiger partial charge in [0, 0.05) is 22.5 Å². The van der Waals surface area contributed by atoms with E-state index in [0.717, 1.165) is 68.9 Å². The van der Waals surface area contributed by atoms with Gasteiger partial charge in [0.15, 0.2) is 0 Å². The molecule has 2 heterocycles. The Morgan fingerprint density at radius 1 is 1.02 bits per heavy atom. The van der Waals surface area contributed by atoms with E-state index in [2.05, 4.69) is 40.9 Å². The van der Waals surface area contributed by atoms with Gasteiger partial charge in [-0.2, -0.15) is 5.10 Å². The van der Waals surface area contributed by atoms with Gasteiger partial charge in [0.25, 0.3) is 0 Å². The van der Waals surface area contributed by atoms with Gasteiger partial charge in [-0.25, -0.2) is 4.98 Å². The van der Waals surface area contributed by atoms with Crippen LogP contribution < -0.4 is 10.5 Å². The van der Waals surface area contributed by atoms with Crippen LogP contribution in [-0.2, 0) is 29.0 Å². The van der Waals surface area contributed by atoms with Crippen molar-refractivity contribution in [2.45, 2.75) is 58.6 Å². The van der Waals surface area contributed by atoms with E-state index < -0.39 is 0 Å². The van der Waals surface area contributed by atoms with Gasteiger partial charge in [0.05, 0.1) is 24.6 Å². The summed E-state index contributed by atoms with van der Waals surface area (Å²) in [4.78, 5) is 16.6. The molecule has 204 valence electrons. The number of nitrogen functional groups attached to an aromatic ring is 1. The van der Waals surface area contributed by atoms with E-state index in [1.54, 1.807) is 6.20 Å². The molecular formula is C33H34N4O3. The Bertz CT molecular complexity index is 1700. The Balaban J connectivity index is 1.39. The van der Waals surface area contributed by atoms with Gasteiger partial charge in [-0.3, -0.25) is 9.48 Å². The zero-order valence-electron chi connectivity index (χ0n) is 23.0. The number of anilines is 1. The second kappa shape index (κ2) is 11.0. The standard InChI is InChI=1S/C33H34N4O3/c1-3-21-8-5-13-31(27(21)19-32(38)39-4-2)40-20-29-28-18-22(14-15-30(28)37(36-29)23-9-6-10-23)24-11-7-12-26-25(24)16-17-35-33(26)34/h5,7-8,11-18,23H,3-4,6,9-10,19-20H2,1-2H3,(H2,34,35). The Morgan fingerprint density at radius 3 is 2.65 bits per heavy atom. The smallest absolute Gasteiger partial charge is 0.310 e. The van der Waals surface area contributed by atoms with Crippen LogP contribution in [0.3, 0.4) is 0 Å². The molecule has 2 aromatic heterocycles. The molecule has 0 amide bonds. The zero-order valence-corrected chi connectivity index (χ0v) is 23.0. The third-order valence-corrected chi connectivity index (χ3v) is 7.95. The molecule has 0 aliphatic heterocycles. The maximum Gasteiger partial charge on any atom is 0.310 e. The molecule has 0 radical (unpaired) electrons. The van der Waals surface area contributed by atoms with E-state index in [9.17, 15) is 4.79 Å². The summed E-state index contributed by atoms with van der Waals surface area (Å²) in [5.74, 6) is 0.982. The summed E-state index contributed by atoms with van der Waals surface area (Å²) in [6, 6.07) is 21.1. The third kappa shape index (κ3) is 4.76. The Kier molecular flexibility index (Phi) is 7.11. The molecule has 0 saturated heterocycles. The van der Waals surface area contributed by atoms with Crippen LogP contribution in [0, 0.1) is 0 Å². The van der Waals surface area contributed by atoms with Gasteiger partial charge in [-0.1, -0.05) is 43.3 Å². The van der Waals surface area contributed by atoms with Crippen molar-refractivity contribution in [3.05, 3.63) is 83.7 Å². The van der Waals surface area contributed by atoms with Crippen LogP contribution in [0.25, 0.3) is 32.8 Å². The fourth-order valence-electron chi connectivity index (χ4n) is 5.65. The van der Waals surface area contributed by atoms with Gasteiger partial charge in [0.2, 0.25) is 0 Å². The van der Waals surface area contributed by atoms with E-state index in [1.165, 1.54) is 6.42 Å². The molecule has 0 bridgehead atoms. The van der Waals surface area contributed by atoms with Crippen molar-refractivity contribution in [3.8, 4) is 16.9 Å². The lowest BCUT2D eigenvalue weighted by Gasteiger charge is -2.26. The van der Waals surface area contributed by atoms with E-state index in [-0.39, 0.29) is 12.4 Å². The number of ether oxygens (including phenoxy) is 2. The molecule has 3 aromatic carbocycles. The second-order valence-corrected chi connectivity index (χ2v) is 10.3. The highest BCUT2D eigenvalue weighted by Crippen LogP contribution is 2.38. The molecule has 7 nitrogen and oxygen atoms in total. The van der Waals surface area contributed by atoms with E-state index in [4.69, 9.17) is 20.3 Å². The maximum atomic E-state index is 12.4. The Morgan fingerprint density at radius 2 is 1.88 bits per heavy atom. The van der Waals surface area contributed by atoms with Crippen molar-refractivity contribution in [2.24, 2.45) is 0 Å². The molecular weight excluding hydrogens is 500 g/mol. The third-order valence-electron chi connectivity index (χ3n) is 7.95. The number of hydrogen-bond acceptors (Lipinski definition) is 6. The summed E-state index contributed by atoms with van der Waals surface area (Å²) >= 11 is 0. The first-order chi connectivity index (χ1) is 19.6. The first-order valence-corrected chi connectivity index (χ1v) is 14.1. The summed E-state index contributed by atoms with van der Waals surface area (Å²) in [5.41, 5.74) is 12.3. The number of aromatic nitrogens is 3. The van der Waals surface area contributed by atoms with Crippen molar-refractivity contribution in [3.63, 3.8) is 0 Å². The highest BCUT2D eigenvalue weighted by Gasteiger charge is 2.24. The number of carbonyl (C=O) groups excluding carboxylic acids is 1. The molecule has 0 unspecified atom stereocenters. The quantitative estimate of drug-likeness (QED) is 0.209. The fourth-order valence-corrected chi connectivity index (χ4v) is 5.65. The molecule has 1 saturated carbocycles. The van der Waals surface area contributed by atoms with Gasteiger partial charge in [0.1, 0.15) is 23.9 Å². The van der Waals surface area contributed by atoms with Crippen LogP contribution in [0.2, 0.25) is 0 Å². The monoisotopic (exact) mass is 534 g/mol. The highest BCUT2D eigenvalue weighted by molar-refractivity contribution is 6.02. The van der Waals surface area contributed by atoms with Crippen LogP contribution >= 0.6 is 0 Å². The van der Waals surface area contributed by atoms with Crippen molar-refractivity contribution in [1.29, 1.82) is 0 Å². The molecule has 1 fully saturated rings. The Hall–Kier alpha value is -4.39. The topological polar surface area (TPSA) is 92.3 Å². The van der Waals surface area contributed by atoms with Gasteiger partial charge >= 0.3 is 5.97 Å². The largest absolute Gasteiger partial charge is 0.487 e. The molecule has 1 aliphatic rings. The van der Waals surface area contributed by atoms with Crippen LogP contribution in [0.4, 0.5) is 5.82 Å². The number of benzene rings is 3. The molecule has 6 rings (SSSR count). The summed E-state index contributed by atoms with van der Waals surface area (Å²) in [6.07, 6.45) is 6.24. The van der Waals surface area contributed by atoms with E-state index in [1.807, 2.05) is 43.3 Å². The molecule has 5 aromatic rings. The number of rotatable bonds is 9. The summed E-state index contributed by atoms with van der Waals surface area (Å²) in [7, 11) is 0. The summed E-state index contributed by atoms with van der Waals surface area (Å²) in [5, 5.41) is 8.15. The number of nitrogens with two attached hydrogens (primary N) is 1. The van der Waals surface area contributed by atoms with Crippen LogP contribution in [0.15, 0.2) is 66.9 Å². The van der Waals surface area contributed by atoms with Crippen molar-refractivity contribution < 1.29 is 14.3 Å². The maximum absolute atomic E-state index is 12.4. The lowest BCUT2D eigenvalue weighted by molar-refractivity contribution is -0.142. The van der Waals surface area contributed by atoms with Crippen molar-refractivity contribution >= 4 is 33.5 Å². The zero-order chi connectivity index (χ0) is 27.6. The number of fused-ring (bicyclic) bond motifs is 2. The minimum Gasteiger partial charge on any atom is -0.487 e. The minimum absolute atomic E-state index is 0.188. The number of pyridine rings is 1. The Labute approximate surface area is 233 Å². The lowest BCUT2D eigenvalue weighted by atomic mass is 9.93. The van der Waals surface area contributed by atoms with Gasteiger partial charge < -0.3 is 15.2 Å². The number of esters is 1. The normalized spacial score (nSPS) is 13.4.